The fourth-order valence-corrected chi connectivity index (χ4v) is 3.64. The number of aryl methyl sites for hydroxylation is 1. The van der Waals surface area contributed by atoms with E-state index in [1.807, 2.05) is 19.9 Å². The Kier molecular flexibility index (Phi) is 6.26. The second kappa shape index (κ2) is 9.30. The lowest BCUT2D eigenvalue weighted by atomic mass is 10.1. The minimum atomic E-state index is -0.587. The van der Waals surface area contributed by atoms with Gasteiger partial charge in [0.15, 0.2) is 18.2 Å². The molecular formula is C23H24N6O5. The zero-order chi connectivity index (χ0) is 24.4. The van der Waals surface area contributed by atoms with Gasteiger partial charge in [-0.3, -0.25) is 0 Å². The quantitative estimate of drug-likeness (QED) is 0.404. The highest BCUT2D eigenvalue weighted by molar-refractivity contribution is 6.07. The van der Waals surface area contributed by atoms with Gasteiger partial charge >= 0.3 is 11.9 Å². The molecule has 0 aliphatic carbocycles. The first-order valence-corrected chi connectivity index (χ1v) is 10.7. The Balaban J connectivity index is 1.59. The summed E-state index contributed by atoms with van der Waals surface area (Å²) < 4.78 is 17.7. The lowest BCUT2D eigenvalue weighted by Crippen LogP contribution is -2.13. The molecule has 0 unspecified atom stereocenters. The van der Waals surface area contributed by atoms with Crippen LogP contribution in [0.2, 0.25) is 0 Å². The molecule has 0 spiro atoms. The van der Waals surface area contributed by atoms with Gasteiger partial charge in [-0.25, -0.2) is 24.2 Å². The fraction of sp³-hybridized carbons (Fsp3) is 0.304. The van der Waals surface area contributed by atoms with Crippen molar-refractivity contribution < 1.29 is 23.5 Å². The number of pyridine rings is 1. The summed E-state index contributed by atoms with van der Waals surface area (Å²) in [5.74, 6) is -0.116. The van der Waals surface area contributed by atoms with E-state index < -0.39 is 11.9 Å². The van der Waals surface area contributed by atoms with Crippen molar-refractivity contribution in [1.29, 1.82) is 0 Å². The molecule has 0 aliphatic heterocycles. The highest BCUT2D eigenvalue weighted by atomic mass is 16.5. The Bertz CT molecular complexity index is 1360. The molecule has 34 heavy (non-hydrogen) atoms. The zero-order valence-electron chi connectivity index (χ0n) is 19.2. The molecule has 0 saturated carbocycles. The van der Waals surface area contributed by atoms with E-state index in [2.05, 4.69) is 20.1 Å². The summed E-state index contributed by atoms with van der Waals surface area (Å²) in [6.07, 6.45) is 3.10. The highest BCUT2D eigenvalue weighted by Gasteiger charge is 2.25. The molecule has 4 aromatic rings. The van der Waals surface area contributed by atoms with Gasteiger partial charge in [-0.1, -0.05) is 19.9 Å². The van der Waals surface area contributed by atoms with E-state index in [0.717, 1.165) is 0 Å². The molecule has 11 nitrogen and oxygen atoms in total. The number of anilines is 1. The molecule has 4 aromatic heterocycles. The first-order chi connectivity index (χ1) is 16.3. The minimum absolute atomic E-state index is 0.0253. The summed E-state index contributed by atoms with van der Waals surface area (Å²) in [7, 11) is 0. The van der Waals surface area contributed by atoms with Crippen molar-refractivity contribution in [1.82, 2.24) is 24.7 Å². The Morgan fingerprint density at radius 1 is 1.18 bits per heavy atom. The molecule has 0 aromatic carbocycles. The van der Waals surface area contributed by atoms with Gasteiger partial charge in [0, 0.05) is 6.20 Å². The lowest BCUT2D eigenvalue weighted by Gasteiger charge is -2.12. The molecule has 0 fully saturated rings. The van der Waals surface area contributed by atoms with E-state index in [4.69, 9.17) is 19.6 Å². The number of fused-ring (bicyclic) bond motifs is 1. The van der Waals surface area contributed by atoms with Crippen LogP contribution in [0.3, 0.4) is 0 Å². The molecular weight excluding hydrogens is 440 g/mol. The van der Waals surface area contributed by atoms with Crippen LogP contribution in [-0.2, 0) is 16.1 Å². The van der Waals surface area contributed by atoms with Crippen molar-refractivity contribution in [2.75, 3.05) is 12.3 Å². The van der Waals surface area contributed by atoms with Crippen LogP contribution in [0.25, 0.3) is 16.9 Å². The first kappa shape index (κ1) is 22.9. The number of nitrogens with zero attached hydrogens (tertiary/aromatic N) is 5. The summed E-state index contributed by atoms with van der Waals surface area (Å²) >= 11 is 0. The third-order valence-corrected chi connectivity index (χ3v) is 5.05. The SMILES string of the molecule is CCOC(=O)c1c(C)oc2nc(COC(=O)c3cnn(-c4ccccn4)c3C(C)C)nc(N)c12. The Hall–Kier alpha value is -4.28. The van der Waals surface area contributed by atoms with E-state index in [9.17, 15) is 9.59 Å². The summed E-state index contributed by atoms with van der Waals surface area (Å²) in [5.41, 5.74) is 7.35. The third-order valence-electron chi connectivity index (χ3n) is 5.05. The van der Waals surface area contributed by atoms with Gasteiger partial charge in [0.2, 0.25) is 5.71 Å². The van der Waals surface area contributed by atoms with Gasteiger partial charge in [0.05, 0.1) is 23.9 Å². The number of carbonyl (C=O) groups excluding carboxylic acids is 2. The number of hydrogen-bond acceptors (Lipinski definition) is 10. The molecule has 4 heterocycles. The maximum atomic E-state index is 12.9. The molecule has 176 valence electrons. The maximum absolute atomic E-state index is 12.9. The van der Waals surface area contributed by atoms with Crippen LogP contribution in [-0.4, -0.2) is 43.3 Å². The van der Waals surface area contributed by atoms with E-state index >= 15 is 0 Å². The van der Waals surface area contributed by atoms with Gasteiger partial charge in [-0.2, -0.15) is 10.1 Å². The third kappa shape index (κ3) is 4.19. The van der Waals surface area contributed by atoms with Crippen molar-refractivity contribution in [3.05, 3.63) is 59.0 Å². The van der Waals surface area contributed by atoms with E-state index in [1.165, 1.54) is 6.20 Å². The topological polar surface area (TPSA) is 148 Å². The fourth-order valence-electron chi connectivity index (χ4n) is 3.64. The lowest BCUT2D eigenvalue weighted by molar-refractivity contribution is 0.0459. The van der Waals surface area contributed by atoms with Crippen LogP contribution >= 0.6 is 0 Å². The molecule has 0 atom stereocenters. The molecule has 0 saturated heterocycles. The van der Waals surface area contributed by atoms with Crippen LogP contribution in [0.4, 0.5) is 5.82 Å². The number of furan rings is 1. The van der Waals surface area contributed by atoms with Crippen molar-refractivity contribution in [2.24, 2.45) is 0 Å². The standard InChI is InChI=1S/C23H24N6O5/c1-5-32-23(31)17-13(4)34-21-18(17)20(24)27-15(28-21)11-33-22(30)14-10-26-29(19(14)12(2)3)16-8-6-7-9-25-16/h6-10,12H,5,11H2,1-4H3,(H2,24,27,28). The number of nitrogens with two attached hydrogens (primary N) is 1. The van der Waals surface area contributed by atoms with Crippen molar-refractivity contribution >= 4 is 28.9 Å². The van der Waals surface area contributed by atoms with Crippen LogP contribution in [0.1, 0.15) is 64.7 Å². The number of rotatable bonds is 7. The molecule has 11 heteroatoms. The Morgan fingerprint density at radius 2 is 1.97 bits per heavy atom. The van der Waals surface area contributed by atoms with Crippen LogP contribution in [0, 0.1) is 6.92 Å². The van der Waals surface area contributed by atoms with Gasteiger partial charge in [-0.05, 0) is 31.9 Å². The monoisotopic (exact) mass is 464 g/mol. The van der Waals surface area contributed by atoms with Crippen molar-refractivity contribution in [3.63, 3.8) is 0 Å². The number of esters is 2. The van der Waals surface area contributed by atoms with Crippen LogP contribution in [0.5, 0.6) is 0 Å². The van der Waals surface area contributed by atoms with Gasteiger partial charge in [-0.15, -0.1) is 0 Å². The Morgan fingerprint density at radius 3 is 2.65 bits per heavy atom. The molecule has 0 radical (unpaired) electrons. The van der Waals surface area contributed by atoms with Crippen LogP contribution < -0.4 is 5.73 Å². The second-order valence-corrected chi connectivity index (χ2v) is 7.73. The average molecular weight is 464 g/mol. The molecule has 4 rings (SSSR count). The first-order valence-electron chi connectivity index (χ1n) is 10.7. The molecule has 2 N–H and O–H groups in total. The second-order valence-electron chi connectivity index (χ2n) is 7.73. The number of hydrogen-bond donors (Lipinski definition) is 1. The number of ether oxygens (including phenoxy) is 2. The maximum Gasteiger partial charge on any atom is 0.342 e. The summed E-state index contributed by atoms with van der Waals surface area (Å²) in [5, 5.41) is 4.59. The largest absolute Gasteiger partial charge is 0.462 e. The van der Waals surface area contributed by atoms with Gasteiger partial charge in [0.25, 0.3) is 0 Å². The predicted molar refractivity (Wildman–Crippen MR) is 121 cm³/mol. The van der Waals surface area contributed by atoms with E-state index in [0.29, 0.717) is 22.8 Å². The highest BCUT2D eigenvalue weighted by Crippen LogP contribution is 2.29. The molecule has 0 amide bonds. The van der Waals surface area contributed by atoms with E-state index in [-0.39, 0.29) is 47.4 Å². The normalized spacial score (nSPS) is 11.2. The summed E-state index contributed by atoms with van der Waals surface area (Å²) in [4.78, 5) is 37.9. The van der Waals surface area contributed by atoms with Crippen molar-refractivity contribution in [2.45, 2.75) is 40.2 Å². The summed E-state index contributed by atoms with van der Waals surface area (Å²) in [6, 6.07) is 5.44. The smallest absolute Gasteiger partial charge is 0.342 e. The number of carbonyl (C=O) groups is 2. The minimum Gasteiger partial charge on any atom is -0.462 e. The van der Waals surface area contributed by atoms with Gasteiger partial charge < -0.3 is 19.6 Å². The van der Waals surface area contributed by atoms with Gasteiger partial charge in [0.1, 0.15) is 22.7 Å². The molecule has 0 aliphatic rings. The molecule has 0 bridgehead atoms. The number of aromatic nitrogens is 5. The number of nitrogen functional groups attached to an aromatic ring is 1. The Labute approximate surface area is 194 Å². The predicted octanol–water partition coefficient (Wildman–Crippen LogP) is 3.35. The van der Waals surface area contributed by atoms with Crippen LogP contribution in [0.15, 0.2) is 35.0 Å². The van der Waals surface area contributed by atoms with E-state index in [1.54, 1.807) is 36.9 Å². The van der Waals surface area contributed by atoms with Crippen molar-refractivity contribution in [3.8, 4) is 5.82 Å². The average Bonchev–Trinajstić information content (AvgIpc) is 3.40. The summed E-state index contributed by atoms with van der Waals surface area (Å²) in [6.45, 7) is 7.16. The zero-order valence-corrected chi connectivity index (χ0v) is 19.2.